The fraction of sp³-hybridized carbons (Fsp3) is 1.00. The van der Waals surface area contributed by atoms with E-state index in [1.807, 2.05) is 0 Å². The number of hydrogen-bond acceptors (Lipinski definition) is 0. The summed E-state index contributed by atoms with van der Waals surface area (Å²) in [5, 5.41) is 0. The number of halogens is 4. The highest BCUT2D eigenvalue weighted by Gasteiger charge is 2.56. The standard InChI is InChI=1S/C17H28F3I/c1-11-3-5-13(6-4-11)16-9-14(7-8-15(21)10-18)12(2)17(16,19)20/h11-16H,3-10H2,1-2H3. The van der Waals surface area contributed by atoms with Crippen LogP contribution in [0, 0.1) is 29.6 Å². The van der Waals surface area contributed by atoms with Crippen LogP contribution >= 0.6 is 22.6 Å². The van der Waals surface area contributed by atoms with Gasteiger partial charge in [-0.25, -0.2) is 13.2 Å². The molecular formula is C17H28F3I. The van der Waals surface area contributed by atoms with Crippen LogP contribution < -0.4 is 0 Å². The Morgan fingerprint density at radius 1 is 1.14 bits per heavy atom. The van der Waals surface area contributed by atoms with Gasteiger partial charge in [-0.15, -0.1) is 0 Å². The fourth-order valence-electron chi connectivity index (χ4n) is 4.37. The second-order valence-electron chi connectivity index (χ2n) is 7.41. The zero-order valence-corrected chi connectivity index (χ0v) is 15.3. The molecule has 0 nitrogen and oxygen atoms in total. The van der Waals surface area contributed by atoms with Crippen molar-refractivity contribution in [1.82, 2.24) is 0 Å². The Hall–Kier alpha value is 0.520. The molecule has 0 N–H and O–H groups in total. The molecule has 4 heteroatoms. The van der Waals surface area contributed by atoms with Gasteiger partial charge in [0.2, 0.25) is 0 Å². The van der Waals surface area contributed by atoms with Crippen molar-refractivity contribution in [2.75, 3.05) is 6.67 Å². The Bertz CT molecular complexity index is 326. The zero-order valence-electron chi connectivity index (χ0n) is 13.1. The Morgan fingerprint density at radius 3 is 2.33 bits per heavy atom. The molecule has 124 valence electrons. The molecule has 21 heavy (non-hydrogen) atoms. The molecule has 0 radical (unpaired) electrons. The molecule has 2 aliphatic carbocycles. The molecule has 0 aliphatic heterocycles. The van der Waals surface area contributed by atoms with Gasteiger partial charge in [0.05, 0.1) is 0 Å². The van der Waals surface area contributed by atoms with Crippen molar-refractivity contribution < 1.29 is 13.2 Å². The molecule has 2 fully saturated rings. The predicted molar refractivity (Wildman–Crippen MR) is 89.8 cm³/mol. The maximum Gasteiger partial charge on any atom is 0.253 e. The summed E-state index contributed by atoms with van der Waals surface area (Å²) in [6, 6.07) is 0. The van der Waals surface area contributed by atoms with Crippen LogP contribution in [0.4, 0.5) is 13.2 Å². The minimum absolute atomic E-state index is 0.0157. The molecule has 2 saturated carbocycles. The molecule has 0 aromatic carbocycles. The van der Waals surface area contributed by atoms with E-state index in [0.29, 0.717) is 12.3 Å². The predicted octanol–water partition coefficient (Wildman–Crippen LogP) is 6.27. The van der Waals surface area contributed by atoms with E-state index >= 15 is 0 Å². The maximum absolute atomic E-state index is 14.7. The van der Waals surface area contributed by atoms with Crippen LogP contribution in [0.3, 0.4) is 0 Å². The normalized spacial score (nSPS) is 41.1. The average molecular weight is 416 g/mol. The quantitative estimate of drug-likeness (QED) is 0.366. The van der Waals surface area contributed by atoms with Crippen LogP contribution in [0.2, 0.25) is 0 Å². The van der Waals surface area contributed by atoms with Gasteiger partial charge >= 0.3 is 0 Å². The summed E-state index contributed by atoms with van der Waals surface area (Å²) in [6.45, 7) is 3.60. The van der Waals surface area contributed by atoms with Gasteiger partial charge in [0.15, 0.2) is 0 Å². The van der Waals surface area contributed by atoms with E-state index in [1.54, 1.807) is 6.92 Å². The van der Waals surface area contributed by atoms with Crippen LogP contribution in [0.15, 0.2) is 0 Å². The third kappa shape index (κ3) is 4.08. The first-order valence-electron chi connectivity index (χ1n) is 8.44. The number of rotatable bonds is 5. The molecule has 2 aliphatic rings. The van der Waals surface area contributed by atoms with Crippen LogP contribution in [0.1, 0.15) is 58.8 Å². The number of hydrogen-bond donors (Lipinski definition) is 0. The van der Waals surface area contributed by atoms with Crippen molar-refractivity contribution in [1.29, 1.82) is 0 Å². The van der Waals surface area contributed by atoms with Crippen LogP contribution in [0.25, 0.3) is 0 Å². The second kappa shape index (κ2) is 7.39. The van der Waals surface area contributed by atoms with Gasteiger partial charge in [-0.05, 0) is 49.9 Å². The van der Waals surface area contributed by atoms with Crippen molar-refractivity contribution in [2.24, 2.45) is 29.6 Å². The van der Waals surface area contributed by atoms with Gasteiger partial charge in [-0.1, -0.05) is 49.3 Å². The van der Waals surface area contributed by atoms with E-state index in [0.717, 1.165) is 38.5 Å². The molecule has 0 amide bonds. The van der Waals surface area contributed by atoms with E-state index in [2.05, 4.69) is 29.5 Å². The van der Waals surface area contributed by atoms with Gasteiger partial charge in [-0.2, -0.15) is 0 Å². The lowest BCUT2D eigenvalue weighted by molar-refractivity contribution is -0.0976. The maximum atomic E-state index is 14.7. The van der Waals surface area contributed by atoms with E-state index in [4.69, 9.17) is 0 Å². The van der Waals surface area contributed by atoms with Gasteiger partial charge in [0.1, 0.15) is 6.67 Å². The molecule has 0 spiro atoms. The first-order valence-corrected chi connectivity index (χ1v) is 9.68. The largest absolute Gasteiger partial charge is 0.253 e. The smallest absolute Gasteiger partial charge is 0.250 e. The van der Waals surface area contributed by atoms with Crippen molar-refractivity contribution in [3.63, 3.8) is 0 Å². The lowest BCUT2D eigenvalue weighted by Gasteiger charge is -2.34. The molecule has 0 heterocycles. The van der Waals surface area contributed by atoms with Crippen molar-refractivity contribution in [3.8, 4) is 0 Å². The summed E-state index contributed by atoms with van der Waals surface area (Å²) in [5.74, 6) is -2.50. The Balaban J connectivity index is 1.96. The van der Waals surface area contributed by atoms with Gasteiger partial charge < -0.3 is 0 Å². The van der Waals surface area contributed by atoms with Crippen molar-refractivity contribution in [3.05, 3.63) is 0 Å². The summed E-state index contributed by atoms with van der Waals surface area (Å²) >= 11 is 2.10. The zero-order chi connectivity index (χ0) is 15.6. The molecular weight excluding hydrogens is 388 g/mol. The first-order chi connectivity index (χ1) is 9.86. The fourth-order valence-corrected chi connectivity index (χ4v) is 4.73. The third-order valence-electron chi connectivity index (χ3n) is 6.01. The van der Waals surface area contributed by atoms with Crippen molar-refractivity contribution in [2.45, 2.75) is 68.6 Å². The Kier molecular flexibility index (Phi) is 6.29. The summed E-state index contributed by atoms with van der Waals surface area (Å²) in [5.41, 5.74) is 0. The minimum Gasteiger partial charge on any atom is -0.250 e. The second-order valence-corrected chi connectivity index (χ2v) is 9.18. The SMILES string of the molecule is CC1CCC(C2CC(CCC(I)CF)C(C)C2(F)F)CC1. The topological polar surface area (TPSA) is 0 Å². The lowest BCUT2D eigenvalue weighted by atomic mass is 9.74. The molecule has 0 bridgehead atoms. The van der Waals surface area contributed by atoms with Crippen molar-refractivity contribution >= 4 is 22.6 Å². The van der Waals surface area contributed by atoms with Crippen LogP contribution in [-0.4, -0.2) is 16.5 Å². The third-order valence-corrected chi connectivity index (χ3v) is 6.97. The molecule has 0 aromatic rings. The summed E-state index contributed by atoms with van der Waals surface area (Å²) < 4.78 is 41.9. The van der Waals surface area contributed by atoms with E-state index in [-0.39, 0.29) is 22.4 Å². The molecule has 4 atom stereocenters. The molecule has 4 unspecified atom stereocenters. The highest BCUT2D eigenvalue weighted by molar-refractivity contribution is 14.1. The molecule has 0 aromatic heterocycles. The average Bonchev–Trinajstić information content (AvgIpc) is 2.69. The summed E-state index contributed by atoms with van der Waals surface area (Å²) in [7, 11) is 0. The van der Waals surface area contributed by atoms with E-state index < -0.39 is 17.8 Å². The van der Waals surface area contributed by atoms with Gasteiger partial charge in [-0.3, -0.25) is 0 Å². The monoisotopic (exact) mass is 416 g/mol. The lowest BCUT2D eigenvalue weighted by Crippen LogP contribution is -2.35. The number of alkyl halides is 4. The van der Waals surface area contributed by atoms with E-state index in [1.165, 1.54) is 0 Å². The minimum atomic E-state index is -2.52. The van der Waals surface area contributed by atoms with Crippen LogP contribution in [-0.2, 0) is 0 Å². The van der Waals surface area contributed by atoms with E-state index in [9.17, 15) is 13.2 Å². The van der Waals surface area contributed by atoms with Gasteiger partial charge in [0, 0.05) is 15.8 Å². The summed E-state index contributed by atoms with van der Waals surface area (Å²) in [4.78, 5) is 0. The summed E-state index contributed by atoms with van der Waals surface area (Å²) in [6.07, 6.45) is 6.30. The van der Waals surface area contributed by atoms with Gasteiger partial charge in [0.25, 0.3) is 5.92 Å². The first kappa shape index (κ1) is 17.9. The molecule has 2 rings (SSSR count). The Labute approximate surface area is 140 Å². The highest BCUT2D eigenvalue weighted by Crippen LogP contribution is 2.55. The van der Waals surface area contributed by atoms with Crippen LogP contribution in [0.5, 0.6) is 0 Å². The molecule has 0 saturated heterocycles. The highest BCUT2D eigenvalue weighted by atomic mass is 127. The Morgan fingerprint density at radius 2 is 1.76 bits per heavy atom.